The van der Waals surface area contributed by atoms with Crippen molar-refractivity contribution in [3.63, 3.8) is 0 Å². The van der Waals surface area contributed by atoms with Gasteiger partial charge in [0, 0.05) is 26.1 Å². The zero-order chi connectivity index (χ0) is 24.1. The molecule has 1 saturated heterocycles. The Morgan fingerprint density at radius 1 is 1.09 bits per heavy atom. The van der Waals surface area contributed by atoms with E-state index in [1.807, 2.05) is 48.5 Å². The van der Waals surface area contributed by atoms with Gasteiger partial charge in [-0.1, -0.05) is 48.5 Å². The summed E-state index contributed by atoms with van der Waals surface area (Å²) >= 11 is 0. The van der Waals surface area contributed by atoms with E-state index in [1.165, 1.54) is 4.90 Å². The first-order chi connectivity index (χ1) is 16.4. The van der Waals surface area contributed by atoms with Crippen molar-refractivity contribution < 1.29 is 29.0 Å². The fourth-order valence-electron chi connectivity index (χ4n) is 4.77. The second-order valence-corrected chi connectivity index (χ2v) is 8.83. The Kier molecular flexibility index (Phi) is 7.47. The Morgan fingerprint density at radius 3 is 2.32 bits per heavy atom. The lowest BCUT2D eigenvalue weighted by Gasteiger charge is -2.29. The molecule has 34 heavy (non-hydrogen) atoms. The summed E-state index contributed by atoms with van der Waals surface area (Å²) in [4.78, 5) is 38.3. The summed E-state index contributed by atoms with van der Waals surface area (Å²) in [5.41, 5.74) is 4.36. The maximum Gasteiger partial charge on any atom is 0.407 e. The predicted octanol–water partition coefficient (Wildman–Crippen LogP) is 3.40. The van der Waals surface area contributed by atoms with Crippen molar-refractivity contribution in [2.45, 2.75) is 43.7 Å². The number of likely N-dealkylation sites (N-methyl/N-ethyl adjacent to an activating group) is 1. The number of carbonyl (C=O) groups excluding carboxylic acids is 2. The molecule has 0 bridgehead atoms. The van der Waals surface area contributed by atoms with Gasteiger partial charge in [-0.3, -0.25) is 9.59 Å². The molecule has 0 aromatic heterocycles. The third kappa shape index (κ3) is 5.39. The number of aliphatic carboxylic acids is 1. The maximum atomic E-state index is 12.9. The molecule has 1 aliphatic heterocycles. The Bertz CT molecular complexity index is 1000. The van der Waals surface area contributed by atoms with Gasteiger partial charge >= 0.3 is 12.1 Å². The van der Waals surface area contributed by atoms with E-state index in [1.54, 1.807) is 7.05 Å². The van der Waals surface area contributed by atoms with Gasteiger partial charge in [0.2, 0.25) is 5.91 Å². The van der Waals surface area contributed by atoms with Gasteiger partial charge in [0.25, 0.3) is 0 Å². The summed E-state index contributed by atoms with van der Waals surface area (Å²) in [5.74, 6) is -1.79. The van der Waals surface area contributed by atoms with Crippen LogP contribution in [0.2, 0.25) is 0 Å². The van der Waals surface area contributed by atoms with Crippen molar-refractivity contribution in [1.82, 2.24) is 10.2 Å². The highest BCUT2D eigenvalue weighted by molar-refractivity contribution is 5.89. The van der Waals surface area contributed by atoms with Gasteiger partial charge in [0.15, 0.2) is 0 Å². The number of hydrogen-bond donors (Lipinski definition) is 2. The second kappa shape index (κ2) is 10.7. The number of nitrogens with one attached hydrogen (secondary N) is 1. The van der Waals surface area contributed by atoms with Crippen LogP contribution >= 0.6 is 0 Å². The summed E-state index contributed by atoms with van der Waals surface area (Å²) in [5, 5.41) is 11.7. The van der Waals surface area contributed by atoms with Crippen LogP contribution in [-0.2, 0) is 19.1 Å². The zero-order valence-corrected chi connectivity index (χ0v) is 19.2. The standard InChI is InChI=1S/C26H30N2O6/c1-28(15-17-8-6-7-13-33-17)25(31)23(14-24(29)30)27-26(32)34-16-22-20-11-4-2-9-18(20)19-10-3-5-12-21(19)22/h2-5,9-12,17,22-23H,6-8,13-16H2,1H3,(H,27,32)(H,29,30). The Balaban J connectivity index is 1.38. The molecule has 0 radical (unpaired) electrons. The van der Waals surface area contributed by atoms with Crippen LogP contribution in [-0.4, -0.2) is 66.9 Å². The van der Waals surface area contributed by atoms with Crippen molar-refractivity contribution >= 4 is 18.0 Å². The van der Waals surface area contributed by atoms with Gasteiger partial charge in [-0.15, -0.1) is 0 Å². The average Bonchev–Trinajstić information content (AvgIpc) is 3.16. The predicted molar refractivity (Wildman–Crippen MR) is 125 cm³/mol. The molecule has 180 valence electrons. The minimum absolute atomic E-state index is 0.0809. The highest BCUT2D eigenvalue weighted by Gasteiger charge is 2.31. The topological polar surface area (TPSA) is 105 Å². The molecule has 2 aromatic carbocycles. The largest absolute Gasteiger partial charge is 0.481 e. The van der Waals surface area contributed by atoms with Crippen LogP contribution in [0.3, 0.4) is 0 Å². The van der Waals surface area contributed by atoms with E-state index in [2.05, 4.69) is 5.32 Å². The fraction of sp³-hybridized carbons (Fsp3) is 0.423. The van der Waals surface area contributed by atoms with Gasteiger partial charge in [-0.2, -0.15) is 0 Å². The van der Waals surface area contributed by atoms with Crippen LogP contribution < -0.4 is 5.32 Å². The Morgan fingerprint density at radius 2 is 1.74 bits per heavy atom. The third-order valence-corrected chi connectivity index (χ3v) is 6.44. The molecular formula is C26H30N2O6. The highest BCUT2D eigenvalue weighted by atomic mass is 16.5. The first-order valence-corrected chi connectivity index (χ1v) is 11.6. The van der Waals surface area contributed by atoms with Gasteiger partial charge in [0.05, 0.1) is 12.5 Å². The maximum absolute atomic E-state index is 12.9. The van der Waals surface area contributed by atoms with Crippen molar-refractivity contribution in [3.8, 4) is 11.1 Å². The number of alkyl carbamates (subject to hydrolysis) is 1. The van der Waals surface area contributed by atoms with E-state index < -0.39 is 30.4 Å². The number of rotatable bonds is 8. The normalized spacial score (nSPS) is 17.9. The molecule has 1 heterocycles. The minimum atomic E-state index is -1.22. The summed E-state index contributed by atoms with van der Waals surface area (Å²) in [6.07, 6.45) is 1.45. The van der Waals surface area contributed by atoms with Crippen LogP contribution in [0.15, 0.2) is 48.5 Å². The van der Waals surface area contributed by atoms with Gasteiger partial charge in [-0.25, -0.2) is 4.79 Å². The molecule has 0 spiro atoms. The van der Waals surface area contributed by atoms with Gasteiger partial charge in [0.1, 0.15) is 12.6 Å². The number of ether oxygens (including phenoxy) is 2. The van der Waals surface area contributed by atoms with Crippen molar-refractivity contribution in [2.24, 2.45) is 0 Å². The van der Waals surface area contributed by atoms with E-state index in [-0.39, 0.29) is 18.6 Å². The van der Waals surface area contributed by atoms with Gasteiger partial charge < -0.3 is 24.8 Å². The number of hydrogen-bond acceptors (Lipinski definition) is 5. The zero-order valence-electron chi connectivity index (χ0n) is 19.2. The molecule has 2 amide bonds. The quantitative estimate of drug-likeness (QED) is 0.618. The average molecular weight is 467 g/mol. The number of carboxylic acids is 1. The summed E-state index contributed by atoms with van der Waals surface area (Å²) in [6, 6.07) is 14.7. The summed E-state index contributed by atoms with van der Waals surface area (Å²) in [6.45, 7) is 1.09. The first-order valence-electron chi connectivity index (χ1n) is 11.6. The molecule has 8 heteroatoms. The molecular weight excluding hydrogens is 436 g/mol. The Labute approximate surface area is 198 Å². The lowest BCUT2D eigenvalue weighted by molar-refractivity contribution is -0.142. The van der Waals surface area contributed by atoms with E-state index >= 15 is 0 Å². The van der Waals surface area contributed by atoms with E-state index in [9.17, 15) is 19.5 Å². The smallest absolute Gasteiger partial charge is 0.407 e. The fourth-order valence-corrected chi connectivity index (χ4v) is 4.77. The minimum Gasteiger partial charge on any atom is -0.481 e. The molecule has 4 rings (SSSR count). The molecule has 2 N–H and O–H groups in total. The summed E-state index contributed by atoms with van der Waals surface area (Å²) in [7, 11) is 1.59. The second-order valence-electron chi connectivity index (χ2n) is 8.83. The molecule has 2 aliphatic rings. The van der Waals surface area contributed by atoms with Crippen molar-refractivity contribution in [2.75, 3.05) is 26.8 Å². The lowest BCUT2D eigenvalue weighted by Crippen LogP contribution is -2.50. The molecule has 0 saturated carbocycles. The third-order valence-electron chi connectivity index (χ3n) is 6.44. The van der Waals surface area contributed by atoms with Crippen molar-refractivity contribution in [3.05, 3.63) is 59.7 Å². The number of nitrogens with zero attached hydrogens (tertiary/aromatic N) is 1. The van der Waals surface area contributed by atoms with Crippen LogP contribution in [0.25, 0.3) is 11.1 Å². The van der Waals surface area contributed by atoms with Crippen LogP contribution in [0.1, 0.15) is 42.7 Å². The molecule has 1 aliphatic carbocycles. The number of fused-ring (bicyclic) bond motifs is 3. The molecule has 2 unspecified atom stereocenters. The molecule has 1 fully saturated rings. The molecule has 2 atom stereocenters. The summed E-state index contributed by atoms with van der Waals surface area (Å²) < 4.78 is 11.2. The van der Waals surface area contributed by atoms with Crippen LogP contribution in [0.4, 0.5) is 4.79 Å². The SMILES string of the molecule is CN(CC1CCCCO1)C(=O)C(CC(=O)O)NC(=O)OCC1c2ccccc2-c2ccccc21. The number of benzene rings is 2. The monoisotopic (exact) mass is 466 g/mol. The van der Waals surface area contributed by atoms with Crippen LogP contribution in [0.5, 0.6) is 0 Å². The molecule has 8 nitrogen and oxygen atoms in total. The van der Waals surface area contributed by atoms with E-state index in [0.29, 0.717) is 13.2 Å². The Hall–Kier alpha value is -3.39. The number of amides is 2. The van der Waals surface area contributed by atoms with Crippen LogP contribution in [0, 0.1) is 0 Å². The lowest BCUT2D eigenvalue weighted by atomic mass is 9.98. The van der Waals surface area contributed by atoms with E-state index in [4.69, 9.17) is 9.47 Å². The van der Waals surface area contributed by atoms with E-state index in [0.717, 1.165) is 41.5 Å². The first kappa shape index (κ1) is 23.8. The van der Waals surface area contributed by atoms with Crippen molar-refractivity contribution in [1.29, 1.82) is 0 Å². The molecule has 2 aromatic rings. The number of carbonyl (C=O) groups is 3. The van der Waals surface area contributed by atoms with Gasteiger partial charge in [-0.05, 0) is 41.5 Å². The highest BCUT2D eigenvalue weighted by Crippen LogP contribution is 2.44. The number of carboxylic acid groups (broad SMARTS) is 1.